The fraction of sp³-hybridized carbons (Fsp3) is 0.670. The Labute approximate surface area is 750 Å². The van der Waals surface area contributed by atoms with Gasteiger partial charge in [-0.2, -0.15) is 0 Å². The summed E-state index contributed by atoms with van der Waals surface area (Å²) < 4.78 is 76.6. The van der Waals surface area contributed by atoms with Crippen LogP contribution in [0.5, 0.6) is 0 Å². The second-order valence-corrected chi connectivity index (χ2v) is 33.9. The van der Waals surface area contributed by atoms with Crippen LogP contribution in [0, 0.1) is 42.4 Å². The number of ketones is 2. The molecule has 0 aliphatic carbocycles. The van der Waals surface area contributed by atoms with Crippen LogP contribution in [0.3, 0.4) is 0 Å². The molecule has 8 N–H and O–H groups in total. The van der Waals surface area contributed by atoms with Crippen molar-refractivity contribution >= 4 is 59.1 Å². The Kier molecular flexibility index (Phi) is 57.1. The van der Waals surface area contributed by atoms with Gasteiger partial charge in [0.1, 0.15) is 30.4 Å². The van der Waals surface area contributed by atoms with Gasteiger partial charge in [-0.1, -0.05) is 101 Å². The molecule has 2 saturated heterocycles. The molecule has 704 valence electrons. The minimum Gasteiger partial charge on any atom is -0.491 e. The lowest BCUT2D eigenvalue weighted by Crippen LogP contribution is -2.55. The number of carbonyl (C=O) groups is 5. The molecule has 1 aromatic heterocycles. The molecule has 2 fully saturated rings. The van der Waals surface area contributed by atoms with Gasteiger partial charge in [-0.15, -0.1) is 11.8 Å². The average molecular weight is 1770 g/mol. The number of pyridine rings is 1. The summed E-state index contributed by atoms with van der Waals surface area (Å²) in [6, 6.07) is 10.1. The first-order chi connectivity index (χ1) is 60.5. The number of thioether (sulfide) groups is 1. The molecule has 1 aromatic carbocycles. The first-order valence-electron chi connectivity index (χ1n) is 45.6. The number of benzene rings is 1. The molecule has 3 aliphatic heterocycles. The second-order valence-electron chi connectivity index (χ2n) is 32.7. The Morgan fingerprint density at radius 3 is 2.04 bits per heavy atom. The fourth-order valence-electron chi connectivity index (χ4n) is 15.3. The van der Waals surface area contributed by atoms with Crippen molar-refractivity contribution in [3.8, 4) is 0 Å². The highest BCUT2D eigenvalue weighted by Gasteiger charge is 2.50. The van der Waals surface area contributed by atoms with E-state index in [0.717, 1.165) is 62.8 Å². The van der Waals surface area contributed by atoms with E-state index in [1.807, 2.05) is 96.2 Å². The summed E-state index contributed by atoms with van der Waals surface area (Å²) in [4.78, 5) is 73.2. The van der Waals surface area contributed by atoms with E-state index in [1.165, 1.54) is 7.11 Å². The first-order valence-corrected chi connectivity index (χ1v) is 46.6. The molecule has 0 spiro atoms. The SMILES string of the molecule is C=C(c1ccc(SCCNC(=O)CCOCCOCCOCCOCCOCCOCCOCCOCCNC(=O)CCC(CCCO)CCC2CCC(C)/C=C(\C)C(O)[C@@H](OC)C(=O)C(C)C[C@H](C)/C=C/C=C/C=C(\C)C(OCC)C[C@@H]3CC[C@@H](C)[C@@](O)(O3)C(=O)[C@@H](CCCCNC=O)CCO2)cc1C)N1CCOC(=C/C=C/c2ccc(N)nc2)/C(=C\C)C1. The Morgan fingerprint density at radius 2 is 1.41 bits per heavy atom. The molecule has 28 heteroatoms. The third kappa shape index (κ3) is 44.9. The molecule has 125 heavy (non-hydrogen) atoms. The van der Waals surface area contributed by atoms with Gasteiger partial charge >= 0.3 is 0 Å². The van der Waals surface area contributed by atoms with Crippen molar-refractivity contribution in [2.45, 2.75) is 213 Å². The van der Waals surface area contributed by atoms with Crippen LogP contribution in [0.25, 0.3) is 11.8 Å². The zero-order chi connectivity index (χ0) is 90.7. The molecule has 5 rings (SSSR count). The Morgan fingerprint density at radius 1 is 0.744 bits per heavy atom. The van der Waals surface area contributed by atoms with Gasteiger partial charge in [-0.25, -0.2) is 4.98 Å². The number of amides is 3. The molecule has 2 bridgehead atoms. The number of hydrogen-bond acceptors (Lipinski definition) is 25. The number of rotatable bonds is 53. The topological polar surface area (TPSA) is 344 Å². The van der Waals surface area contributed by atoms with Crippen LogP contribution in [0.15, 0.2) is 125 Å². The summed E-state index contributed by atoms with van der Waals surface area (Å²) >= 11 is 1.70. The van der Waals surface area contributed by atoms with E-state index in [-0.39, 0.29) is 78.9 Å². The van der Waals surface area contributed by atoms with E-state index in [2.05, 4.69) is 83.5 Å². The summed E-state index contributed by atoms with van der Waals surface area (Å²) in [6.45, 7) is 32.5. The standard InChI is InChI=1S/C97H154N6O21S/c1-12-82-70-103(44-49-123-88(82)26-19-23-81-30-37-90(98)102-69-81)79(10)87-36-35-86(67-75(87)6)125-64-43-101-92(107)40-46-113-50-52-115-54-56-117-58-60-119-62-63-120-61-59-118-57-55-116-53-51-114-48-42-100-91(106)38-31-80(24-20-45-104)29-34-84-32-27-73(4)66-77(8)94(109)95(112-11)93(108)76(7)65-72(3)21-15-14-16-22-74(5)89(121-13-2)68-85-33-28-78(9)97(111,124-85)96(110)83(39-47-122-84)25-17-18-41-99-71-105/h12,14-16,19,21-23,26,30,35-37,66-67,69,71-73,76,78,80,83-85,89,94-95,104,109,111H,10,13,17-18,20,24-25,27-29,31-34,38-65,68,70H2,1-9,11H3,(H2,98,102)(H,99,105)(H,100,106)(H,101,107)/b16-14+,21-15+,23-19+,74-22+,77-66+,82-12-,88-26+/t72-,73?,76?,78-,80?,83+,84?,85+,89?,94?,95+,97-/m1/s1. The van der Waals surface area contributed by atoms with Crippen molar-refractivity contribution in [3.05, 3.63) is 137 Å². The molecule has 4 heterocycles. The van der Waals surface area contributed by atoms with Crippen molar-refractivity contribution in [1.82, 2.24) is 25.8 Å². The number of allylic oxidation sites excluding steroid dienone is 9. The van der Waals surface area contributed by atoms with Gasteiger partial charge in [0.25, 0.3) is 0 Å². The Bertz CT molecular complexity index is 3590. The second kappa shape index (κ2) is 65.7. The van der Waals surface area contributed by atoms with Gasteiger partial charge in [0.2, 0.25) is 24.0 Å². The van der Waals surface area contributed by atoms with Crippen molar-refractivity contribution in [1.29, 1.82) is 0 Å². The number of nitrogens with two attached hydrogens (primary N) is 1. The average Bonchev–Trinajstić information content (AvgIpc) is 1.06. The number of aromatic nitrogens is 1. The molecular formula is C97H154N6O21S. The molecule has 3 amide bonds. The summed E-state index contributed by atoms with van der Waals surface area (Å²) in [5.41, 5.74) is 12.5. The summed E-state index contributed by atoms with van der Waals surface area (Å²) in [5.74, 6) is -1.93. The number of aryl methyl sites for hydroxylation is 1. The Balaban J connectivity index is 0.903. The highest BCUT2D eigenvalue weighted by molar-refractivity contribution is 7.99. The number of Topliss-reactive ketones (excluding diaryl/α,β-unsaturated/α-hetero) is 2. The molecule has 0 radical (unpaired) electrons. The summed E-state index contributed by atoms with van der Waals surface area (Å²) in [7, 11) is 1.46. The maximum Gasteiger partial charge on any atom is 0.229 e. The molecule has 12 atom stereocenters. The molecular weight excluding hydrogens is 1620 g/mol. The van der Waals surface area contributed by atoms with E-state index >= 15 is 0 Å². The predicted molar refractivity (Wildman–Crippen MR) is 491 cm³/mol. The number of methoxy groups -OCH3 is 1. The van der Waals surface area contributed by atoms with Gasteiger partial charge in [0.15, 0.2) is 11.6 Å². The third-order valence-electron chi connectivity index (χ3n) is 22.7. The minimum atomic E-state index is -2.03. The number of anilines is 1. The number of carbonyl (C=O) groups excluding carboxylic acids is 5. The normalized spacial score (nSPS) is 24.9. The number of nitrogens with one attached hydrogen (secondary N) is 3. The minimum absolute atomic E-state index is 0.0217. The lowest BCUT2D eigenvalue weighted by atomic mass is 9.80. The van der Waals surface area contributed by atoms with Crippen LogP contribution in [-0.2, 0) is 85.6 Å². The predicted octanol–water partition coefficient (Wildman–Crippen LogP) is 12.8. The van der Waals surface area contributed by atoms with Gasteiger partial charge in [-0.3, -0.25) is 24.0 Å². The maximum absolute atomic E-state index is 14.9. The summed E-state index contributed by atoms with van der Waals surface area (Å²) in [5, 5.41) is 42.8. The number of aliphatic hydroxyl groups is 3. The molecule has 0 saturated carbocycles. The van der Waals surface area contributed by atoms with Gasteiger partial charge in [-0.05, 0) is 188 Å². The fourth-order valence-corrected chi connectivity index (χ4v) is 16.2. The van der Waals surface area contributed by atoms with Crippen LogP contribution in [0.4, 0.5) is 5.82 Å². The van der Waals surface area contributed by atoms with E-state index in [0.29, 0.717) is 259 Å². The number of aliphatic hydroxyl groups excluding tert-OH is 2. The molecule has 2 aromatic rings. The zero-order valence-corrected chi connectivity index (χ0v) is 77.7. The van der Waals surface area contributed by atoms with E-state index in [4.69, 9.17) is 67.3 Å². The van der Waals surface area contributed by atoms with Crippen molar-refractivity contribution < 1.29 is 101 Å². The van der Waals surface area contributed by atoms with Crippen LogP contribution >= 0.6 is 11.8 Å². The molecule has 6 unspecified atom stereocenters. The lowest BCUT2D eigenvalue weighted by Gasteiger charge is -2.43. The van der Waals surface area contributed by atoms with Crippen LogP contribution in [-0.4, -0.2) is 269 Å². The third-order valence-corrected chi connectivity index (χ3v) is 23.7. The number of ether oxygens (including phenoxy) is 13. The molecule has 3 aliphatic rings. The highest BCUT2D eigenvalue weighted by atomic mass is 32.2. The van der Waals surface area contributed by atoms with Gasteiger partial charge < -0.3 is 103 Å². The smallest absolute Gasteiger partial charge is 0.229 e. The summed E-state index contributed by atoms with van der Waals surface area (Å²) in [6.07, 6.45) is 28.6. The van der Waals surface area contributed by atoms with Gasteiger partial charge in [0.05, 0.1) is 131 Å². The van der Waals surface area contributed by atoms with Crippen molar-refractivity contribution in [3.63, 3.8) is 0 Å². The van der Waals surface area contributed by atoms with Crippen molar-refractivity contribution in [2.75, 3.05) is 183 Å². The molecule has 27 nitrogen and oxygen atoms in total. The van der Waals surface area contributed by atoms with Gasteiger partial charge in [0, 0.05) is 124 Å². The monoisotopic (exact) mass is 1770 g/mol. The first kappa shape index (κ1) is 109. The van der Waals surface area contributed by atoms with Crippen LogP contribution in [0.1, 0.15) is 181 Å². The highest BCUT2D eigenvalue weighted by Crippen LogP contribution is 2.39. The van der Waals surface area contributed by atoms with E-state index in [1.54, 1.807) is 24.0 Å². The number of hydrogen-bond donors (Lipinski definition) is 7. The number of unbranched alkanes of at least 4 members (excludes halogenated alkanes) is 1. The van der Waals surface area contributed by atoms with Crippen molar-refractivity contribution in [2.24, 2.45) is 35.5 Å². The maximum atomic E-state index is 14.9. The van der Waals surface area contributed by atoms with E-state index in [9.17, 15) is 39.3 Å². The quantitative estimate of drug-likeness (QED) is 0.0140. The lowest BCUT2D eigenvalue weighted by molar-refractivity contribution is -0.269. The number of fused-ring (bicyclic) bond motifs is 2. The number of nitrogen functional groups attached to an aromatic ring is 1. The largest absolute Gasteiger partial charge is 0.491 e. The van der Waals surface area contributed by atoms with Crippen LogP contribution < -0.4 is 21.7 Å². The van der Waals surface area contributed by atoms with E-state index < -0.39 is 35.9 Å². The number of nitrogens with zero attached hydrogens (tertiary/aromatic N) is 2. The zero-order valence-electron chi connectivity index (χ0n) is 76.8. The van der Waals surface area contributed by atoms with Crippen LogP contribution in [0.2, 0.25) is 0 Å². The Hall–Kier alpha value is -6.81.